The molecule has 0 aliphatic heterocycles. The minimum absolute atomic E-state index is 0.320. The first-order valence-corrected chi connectivity index (χ1v) is 13.4. The number of esters is 1. The molecule has 198 valence electrons. The number of ether oxygens (including phenoxy) is 2. The molecule has 2 aliphatic rings. The predicted molar refractivity (Wildman–Crippen MR) is 134 cm³/mol. The van der Waals surface area contributed by atoms with E-state index in [2.05, 4.69) is 6.92 Å². The molecule has 37 heavy (non-hydrogen) atoms. The van der Waals surface area contributed by atoms with E-state index < -0.39 is 34.7 Å². The number of hydrogen-bond acceptors (Lipinski definition) is 4. The van der Waals surface area contributed by atoms with Crippen LogP contribution in [0.25, 0.3) is 0 Å². The van der Waals surface area contributed by atoms with Crippen molar-refractivity contribution in [2.75, 3.05) is 6.61 Å². The average Bonchev–Trinajstić information content (AvgIpc) is 2.88. The highest BCUT2D eigenvalue weighted by Crippen LogP contribution is 2.42. The number of nitrogens with zero attached hydrogens (tertiary/aromatic N) is 1. The summed E-state index contributed by atoms with van der Waals surface area (Å²) < 4.78 is 52.8. The number of carbonyl (C=O) groups is 1. The molecule has 0 aromatic heterocycles. The smallest absolute Gasteiger partial charge is 0.346 e. The Morgan fingerprint density at radius 3 is 1.97 bits per heavy atom. The van der Waals surface area contributed by atoms with Crippen LogP contribution in [0.15, 0.2) is 30.3 Å². The number of rotatable bonds is 8. The maximum atomic E-state index is 14.6. The lowest BCUT2D eigenvalue weighted by Gasteiger charge is -2.37. The van der Waals surface area contributed by atoms with E-state index in [-0.39, 0.29) is 5.56 Å². The lowest BCUT2D eigenvalue weighted by atomic mass is 9.69. The van der Waals surface area contributed by atoms with Gasteiger partial charge in [-0.15, -0.1) is 0 Å². The third-order valence-electron chi connectivity index (χ3n) is 8.13. The number of hydrogen-bond donors (Lipinski definition) is 0. The summed E-state index contributed by atoms with van der Waals surface area (Å²) in [6, 6.07) is 6.64. The van der Waals surface area contributed by atoms with Gasteiger partial charge >= 0.3 is 5.97 Å². The highest BCUT2D eigenvalue weighted by molar-refractivity contribution is 5.91. The van der Waals surface area contributed by atoms with Crippen LogP contribution in [0.3, 0.4) is 0 Å². The van der Waals surface area contributed by atoms with E-state index >= 15 is 0 Å². The molecule has 0 radical (unpaired) electrons. The summed E-state index contributed by atoms with van der Waals surface area (Å²) in [5, 5.41) is 8.73. The molecule has 0 spiro atoms. The van der Waals surface area contributed by atoms with Crippen molar-refractivity contribution in [1.82, 2.24) is 0 Å². The largest absolute Gasteiger partial charge is 0.493 e. The van der Waals surface area contributed by atoms with Gasteiger partial charge in [0.15, 0.2) is 0 Å². The first-order chi connectivity index (χ1) is 17.9. The van der Waals surface area contributed by atoms with E-state index in [4.69, 9.17) is 14.7 Å². The average molecular weight is 514 g/mol. The van der Waals surface area contributed by atoms with Gasteiger partial charge in [0.1, 0.15) is 40.6 Å². The Labute approximate surface area is 216 Å². The first kappa shape index (κ1) is 27.0. The fourth-order valence-corrected chi connectivity index (χ4v) is 6.03. The molecule has 0 atom stereocenters. The highest BCUT2D eigenvalue weighted by Gasteiger charge is 2.31. The van der Waals surface area contributed by atoms with Gasteiger partial charge in [-0.25, -0.2) is 18.0 Å². The first-order valence-electron chi connectivity index (χ1n) is 13.4. The summed E-state index contributed by atoms with van der Waals surface area (Å²) in [5.74, 6) is -1.36. The summed E-state index contributed by atoms with van der Waals surface area (Å²) in [4.78, 5) is 12.3. The minimum Gasteiger partial charge on any atom is -0.493 e. The third kappa shape index (κ3) is 6.85. The molecular formula is C30H34F3NO3. The summed E-state index contributed by atoms with van der Waals surface area (Å²) in [7, 11) is 0. The zero-order chi connectivity index (χ0) is 26.4. The Hall–Kier alpha value is -3.01. The lowest BCUT2D eigenvalue weighted by Crippen LogP contribution is -2.27. The Kier molecular flexibility index (Phi) is 9.13. The third-order valence-corrected chi connectivity index (χ3v) is 8.13. The fraction of sp³-hybridized carbons (Fsp3) is 0.533. The monoisotopic (exact) mass is 513 g/mol. The van der Waals surface area contributed by atoms with Crippen molar-refractivity contribution >= 4 is 5.97 Å². The molecule has 2 saturated carbocycles. The van der Waals surface area contributed by atoms with E-state index in [1.807, 2.05) is 0 Å². The minimum atomic E-state index is -1.16. The van der Waals surface area contributed by atoms with Crippen molar-refractivity contribution in [3.05, 3.63) is 58.9 Å². The van der Waals surface area contributed by atoms with E-state index in [1.165, 1.54) is 69.6 Å². The number of carbonyl (C=O) groups excluding carboxylic acids is 1. The van der Waals surface area contributed by atoms with Crippen molar-refractivity contribution < 1.29 is 27.4 Å². The van der Waals surface area contributed by atoms with Gasteiger partial charge in [-0.05, 0) is 74.3 Å². The van der Waals surface area contributed by atoms with Crippen molar-refractivity contribution in [1.29, 1.82) is 5.26 Å². The van der Waals surface area contributed by atoms with Gasteiger partial charge < -0.3 is 9.47 Å². The highest BCUT2D eigenvalue weighted by atomic mass is 19.1. The van der Waals surface area contributed by atoms with E-state index in [9.17, 15) is 18.0 Å². The van der Waals surface area contributed by atoms with Gasteiger partial charge in [0.2, 0.25) is 0 Å². The van der Waals surface area contributed by atoms with Gasteiger partial charge in [0.25, 0.3) is 0 Å². The summed E-state index contributed by atoms with van der Waals surface area (Å²) in [6.45, 7) is 2.78. The number of benzene rings is 2. The fourth-order valence-electron chi connectivity index (χ4n) is 6.03. The zero-order valence-corrected chi connectivity index (χ0v) is 21.3. The SMILES string of the molecule is CCC[C@H]1CC[C@H]([C@H]2CC[C@H](COc3ccc(C(=O)Oc4cc(F)c(C#N)c(F)c4)c(F)c3)CC2)CC1. The van der Waals surface area contributed by atoms with Crippen molar-refractivity contribution in [3.63, 3.8) is 0 Å². The topological polar surface area (TPSA) is 59.3 Å². The molecule has 0 bridgehead atoms. The maximum absolute atomic E-state index is 14.6. The lowest BCUT2D eigenvalue weighted by molar-refractivity contribution is 0.0729. The molecule has 2 aromatic rings. The van der Waals surface area contributed by atoms with Gasteiger partial charge in [-0.3, -0.25) is 0 Å². The van der Waals surface area contributed by atoms with E-state index in [0.717, 1.165) is 36.7 Å². The summed E-state index contributed by atoms with van der Waals surface area (Å²) >= 11 is 0. The Morgan fingerprint density at radius 1 is 0.865 bits per heavy atom. The molecule has 2 aliphatic carbocycles. The molecule has 4 nitrogen and oxygen atoms in total. The van der Waals surface area contributed by atoms with Crippen LogP contribution in [0.4, 0.5) is 13.2 Å². The molecule has 2 aromatic carbocycles. The van der Waals surface area contributed by atoms with Crippen molar-refractivity contribution in [2.24, 2.45) is 23.7 Å². The predicted octanol–water partition coefficient (Wildman–Crippen LogP) is 7.99. The van der Waals surface area contributed by atoms with Gasteiger partial charge in [0.05, 0.1) is 12.2 Å². The second-order valence-corrected chi connectivity index (χ2v) is 10.6. The molecule has 0 unspecified atom stereocenters. The van der Waals surface area contributed by atoms with E-state index in [1.54, 1.807) is 0 Å². The number of halogens is 3. The molecule has 0 N–H and O–H groups in total. The van der Waals surface area contributed by atoms with Crippen LogP contribution < -0.4 is 9.47 Å². The van der Waals surface area contributed by atoms with Crippen LogP contribution in [0.2, 0.25) is 0 Å². The molecule has 0 heterocycles. The second-order valence-electron chi connectivity index (χ2n) is 10.6. The van der Waals surface area contributed by atoms with Crippen molar-refractivity contribution in [3.8, 4) is 17.6 Å². The molecule has 2 fully saturated rings. The molecule has 0 saturated heterocycles. The Morgan fingerprint density at radius 2 is 1.43 bits per heavy atom. The van der Waals surface area contributed by atoms with Gasteiger partial charge in [-0.2, -0.15) is 5.26 Å². The van der Waals surface area contributed by atoms with Crippen molar-refractivity contribution in [2.45, 2.75) is 71.1 Å². The van der Waals surface area contributed by atoms with Crippen LogP contribution in [-0.2, 0) is 0 Å². The maximum Gasteiger partial charge on any atom is 0.346 e. The summed E-state index contributed by atoms with van der Waals surface area (Å²) in [5.41, 5.74) is -1.16. The normalized spacial score (nSPS) is 23.8. The molecule has 7 heteroatoms. The standard InChI is InChI=1S/C30H34F3NO3/c1-2-3-19-4-8-21(9-5-19)22-10-6-20(7-11-22)18-36-23-12-13-25(27(31)14-23)30(35)37-24-15-28(32)26(17-34)29(33)16-24/h12-16,19-22H,2-11,18H2,1H3/t19-,20-,21-,22-. The molecule has 0 amide bonds. The summed E-state index contributed by atoms with van der Waals surface area (Å²) in [6.07, 6.45) is 12.9. The molecule has 4 rings (SSSR count). The Bertz CT molecular complexity index is 1110. The zero-order valence-electron chi connectivity index (χ0n) is 21.3. The van der Waals surface area contributed by atoms with E-state index in [0.29, 0.717) is 30.4 Å². The number of nitriles is 1. The second kappa shape index (κ2) is 12.5. The van der Waals surface area contributed by atoms with Gasteiger partial charge in [0, 0.05) is 18.2 Å². The Balaban J connectivity index is 1.25. The molecular weight excluding hydrogens is 479 g/mol. The van der Waals surface area contributed by atoms with Crippen LogP contribution in [0, 0.1) is 52.5 Å². The van der Waals surface area contributed by atoms with Crippen LogP contribution in [-0.4, -0.2) is 12.6 Å². The van der Waals surface area contributed by atoms with Crippen LogP contribution in [0.5, 0.6) is 11.5 Å². The van der Waals surface area contributed by atoms with Crippen LogP contribution >= 0.6 is 0 Å². The van der Waals surface area contributed by atoms with Gasteiger partial charge in [-0.1, -0.05) is 32.6 Å². The van der Waals surface area contributed by atoms with Crippen LogP contribution in [0.1, 0.15) is 87.1 Å². The quantitative estimate of drug-likeness (QED) is 0.265.